The highest BCUT2D eigenvalue weighted by molar-refractivity contribution is 7.12. The summed E-state index contributed by atoms with van der Waals surface area (Å²) in [4.78, 5) is 11.6. The van der Waals surface area contributed by atoms with Gasteiger partial charge in [-0.3, -0.25) is 4.68 Å². The second kappa shape index (κ2) is 5.54. The van der Waals surface area contributed by atoms with Gasteiger partial charge in [0.25, 0.3) is 0 Å². The van der Waals surface area contributed by atoms with Gasteiger partial charge in [0.15, 0.2) is 0 Å². The van der Waals surface area contributed by atoms with Gasteiger partial charge in [-0.2, -0.15) is 5.10 Å². The normalized spacial score (nSPS) is 10.9. The third-order valence-electron chi connectivity index (χ3n) is 3.02. The molecule has 0 aliphatic heterocycles. The molecule has 0 bridgehead atoms. The summed E-state index contributed by atoms with van der Waals surface area (Å²) in [7, 11) is 1.65. The Morgan fingerprint density at radius 3 is 2.89 bits per heavy atom. The zero-order valence-electron chi connectivity index (χ0n) is 11.1. The van der Waals surface area contributed by atoms with Crippen molar-refractivity contribution in [3.8, 4) is 11.1 Å². The molecule has 0 saturated carbocycles. The van der Waals surface area contributed by atoms with E-state index in [1.54, 1.807) is 12.5 Å². The molecule has 0 aliphatic rings. The predicted molar refractivity (Wildman–Crippen MR) is 73.8 cm³/mol. The number of carboxylic acid groups (broad SMARTS) is 1. The van der Waals surface area contributed by atoms with Crippen LogP contribution in [-0.2, 0) is 11.3 Å². The van der Waals surface area contributed by atoms with Crippen molar-refractivity contribution in [1.29, 1.82) is 0 Å². The van der Waals surface area contributed by atoms with Crippen LogP contribution in [0.4, 0.5) is 0 Å². The van der Waals surface area contributed by atoms with Crippen molar-refractivity contribution < 1.29 is 14.6 Å². The number of hydrogen-bond acceptors (Lipinski definition) is 4. The third-order valence-corrected chi connectivity index (χ3v) is 3.92. The van der Waals surface area contributed by atoms with Gasteiger partial charge in [0.05, 0.1) is 18.8 Å². The smallest absolute Gasteiger partial charge is 0.346 e. The quantitative estimate of drug-likeness (QED) is 0.914. The minimum Gasteiger partial charge on any atom is -0.477 e. The number of aromatic carboxylic acids is 1. The number of aromatic nitrogens is 2. The molecule has 0 atom stereocenters. The fourth-order valence-electron chi connectivity index (χ4n) is 2.15. The number of rotatable bonds is 5. The molecule has 5 nitrogen and oxygen atoms in total. The Kier molecular flexibility index (Phi) is 4.01. The molecule has 6 heteroatoms. The summed E-state index contributed by atoms with van der Waals surface area (Å²) >= 11 is 1.24. The van der Waals surface area contributed by atoms with Crippen LogP contribution in [0.25, 0.3) is 11.1 Å². The summed E-state index contributed by atoms with van der Waals surface area (Å²) in [6, 6.07) is 1.84. The van der Waals surface area contributed by atoms with Crippen LogP contribution in [0.15, 0.2) is 11.4 Å². The number of nitrogens with zero attached hydrogens (tertiary/aromatic N) is 2. The summed E-state index contributed by atoms with van der Waals surface area (Å²) in [6.07, 6.45) is 0. The first-order valence-corrected chi connectivity index (χ1v) is 6.78. The van der Waals surface area contributed by atoms with Gasteiger partial charge >= 0.3 is 5.97 Å². The first-order valence-electron chi connectivity index (χ1n) is 5.90. The molecule has 0 amide bonds. The van der Waals surface area contributed by atoms with Crippen LogP contribution >= 0.6 is 11.3 Å². The first kappa shape index (κ1) is 13.8. The Labute approximate surface area is 115 Å². The molecule has 0 saturated heterocycles. The first-order chi connectivity index (χ1) is 9.06. The number of carboxylic acids is 1. The van der Waals surface area contributed by atoms with Crippen molar-refractivity contribution in [3.05, 3.63) is 27.7 Å². The molecular weight excluding hydrogens is 264 g/mol. The average Bonchev–Trinajstić information content (AvgIpc) is 2.92. The van der Waals surface area contributed by atoms with Gasteiger partial charge in [-0.1, -0.05) is 0 Å². The van der Waals surface area contributed by atoms with Crippen LogP contribution < -0.4 is 0 Å². The monoisotopic (exact) mass is 280 g/mol. The van der Waals surface area contributed by atoms with E-state index in [1.165, 1.54) is 11.3 Å². The molecule has 1 N–H and O–H groups in total. The van der Waals surface area contributed by atoms with Crippen LogP contribution in [-0.4, -0.2) is 34.6 Å². The van der Waals surface area contributed by atoms with E-state index in [-0.39, 0.29) is 0 Å². The van der Waals surface area contributed by atoms with Gasteiger partial charge < -0.3 is 9.84 Å². The molecule has 0 radical (unpaired) electrons. The lowest BCUT2D eigenvalue weighted by atomic mass is 10.0. The molecule has 102 valence electrons. The van der Waals surface area contributed by atoms with E-state index in [0.717, 1.165) is 22.5 Å². The maximum absolute atomic E-state index is 11.2. The molecule has 0 aromatic carbocycles. The van der Waals surface area contributed by atoms with E-state index in [4.69, 9.17) is 4.74 Å². The Morgan fingerprint density at radius 1 is 1.53 bits per heavy atom. The summed E-state index contributed by atoms with van der Waals surface area (Å²) in [6.45, 7) is 5.09. The highest BCUT2D eigenvalue weighted by Gasteiger charge is 2.20. The van der Waals surface area contributed by atoms with Crippen molar-refractivity contribution in [2.45, 2.75) is 20.4 Å². The standard InChI is InChI=1S/C13H16N2O3S/c1-8-11(9(2)15(14-8)5-6-18-3)10-4-7-19-12(10)13(16)17/h4,7H,5-6H2,1-3H3,(H,16,17). The zero-order chi connectivity index (χ0) is 14.0. The predicted octanol–water partition coefficient (Wildman–Crippen LogP) is 2.57. The van der Waals surface area contributed by atoms with Crippen LogP contribution in [0.5, 0.6) is 0 Å². The summed E-state index contributed by atoms with van der Waals surface area (Å²) in [5.74, 6) is -0.895. The van der Waals surface area contributed by atoms with Gasteiger partial charge in [0, 0.05) is 23.9 Å². The van der Waals surface area contributed by atoms with Crippen LogP contribution in [0.1, 0.15) is 21.1 Å². The summed E-state index contributed by atoms with van der Waals surface area (Å²) < 4.78 is 6.91. The highest BCUT2D eigenvalue weighted by Crippen LogP contribution is 2.33. The topological polar surface area (TPSA) is 64.4 Å². The molecule has 0 unspecified atom stereocenters. The molecule has 2 rings (SSSR count). The maximum Gasteiger partial charge on any atom is 0.346 e. The molecule has 2 aromatic rings. The van der Waals surface area contributed by atoms with Gasteiger partial charge in [-0.15, -0.1) is 11.3 Å². The number of thiophene rings is 1. The number of hydrogen-bond donors (Lipinski definition) is 1. The van der Waals surface area contributed by atoms with Crippen molar-refractivity contribution in [3.63, 3.8) is 0 Å². The molecular formula is C13H16N2O3S. The molecule has 0 fully saturated rings. The number of carbonyl (C=O) groups is 1. The summed E-state index contributed by atoms with van der Waals surface area (Å²) in [5, 5.41) is 15.5. The molecule has 2 heterocycles. The van der Waals surface area contributed by atoms with Crippen LogP contribution in [0, 0.1) is 13.8 Å². The van der Waals surface area contributed by atoms with Gasteiger partial charge in [0.2, 0.25) is 0 Å². The lowest BCUT2D eigenvalue weighted by Crippen LogP contribution is -2.07. The van der Waals surface area contributed by atoms with Crippen LogP contribution in [0.2, 0.25) is 0 Å². The van der Waals surface area contributed by atoms with E-state index in [0.29, 0.717) is 18.0 Å². The van der Waals surface area contributed by atoms with Gasteiger partial charge in [-0.05, 0) is 25.3 Å². The largest absolute Gasteiger partial charge is 0.477 e. The summed E-state index contributed by atoms with van der Waals surface area (Å²) in [5.41, 5.74) is 3.47. The Bertz CT molecular complexity index is 601. The minimum absolute atomic E-state index is 0.359. The molecule has 0 spiro atoms. The number of ether oxygens (including phenoxy) is 1. The zero-order valence-corrected chi connectivity index (χ0v) is 12.0. The minimum atomic E-state index is -0.895. The fraction of sp³-hybridized carbons (Fsp3) is 0.385. The van der Waals surface area contributed by atoms with Crippen molar-refractivity contribution >= 4 is 17.3 Å². The lowest BCUT2D eigenvalue weighted by Gasteiger charge is -2.04. The van der Waals surface area contributed by atoms with E-state index < -0.39 is 5.97 Å². The SMILES string of the molecule is COCCn1nc(C)c(-c2ccsc2C(=O)O)c1C. The van der Waals surface area contributed by atoms with E-state index in [9.17, 15) is 9.90 Å². The van der Waals surface area contributed by atoms with E-state index in [2.05, 4.69) is 5.10 Å². The second-order valence-electron chi connectivity index (χ2n) is 4.23. The Morgan fingerprint density at radius 2 is 2.26 bits per heavy atom. The third kappa shape index (κ3) is 2.54. The van der Waals surface area contributed by atoms with E-state index >= 15 is 0 Å². The van der Waals surface area contributed by atoms with Crippen LogP contribution in [0.3, 0.4) is 0 Å². The maximum atomic E-state index is 11.2. The molecule has 0 aliphatic carbocycles. The van der Waals surface area contributed by atoms with Gasteiger partial charge in [0.1, 0.15) is 4.88 Å². The van der Waals surface area contributed by atoms with Crippen molar-refractivity contribution in [1.82, 2.24) is 9.78 Å². The van der Waals surface area contributed by atoms with E-state index in [1.807, 2.05) is 24.6 Å². The second-order valence-corrected chi connectivity index (χ2v) is 5.15. The number of methoxy groups -OCH3 is 1. The number of aryl methyl sites for hydroxylation is 1. The molecule has 19 heavy (non-hydrogen) atoms. The average molecular weight is 280 g/mol. The fourth-order valence-corrected chi connectivity index (χ4v) is 2.89. The Hall–Kier alpha value is -1.66. The Balaban J connectivity index is 2.47. The molecule has 2 aromatic heterocycles. The highest BCUT2D eigenvalue weighted by atomic mass is 32.1. The lowest BCUT2D eigenvalue weighted by molar-refractivity contribution is 0.0703. The van der Waals surface area contributed by atoms with Crippen molar-refractivity contribution in [2.24, 2.45) is 0 Å². The van der Waals surface area contributed by atoms with Crippen molar-refractivity contribution in [2.75, 3.05) is 13.7 Å². The van der Waals surface area contributed by atoms with Gasteiger partial charge in [-0.25, -0.2) is 4.79 Å².